The van der Waals surface area contributed by atoms with E-state index in [4.69, 9.17) is 9.47 Å². The summed E-state index contributed by atoms with van der Waals surface area (Å²) in [6.07, 6.45) is 1.60. The molecule has 0 radical (unpaired) electrons. The van der Waals surface area contributed by atoms with E-state index in [2.05, 4.69) is 15.5 Å². The Balaban J connectivity index is 2.89. The minimum absolute atomic E-state index is 0.387. The number of hydrogen-bond acceptors (Lipinski definition) is 5. The van der Waals surface area contributed by atoms with Crippen molar-refractivity contribution in [3.05, 3.63) is 11.8 Å². The average Bonchev–Trinajstić information content (AvgIpc) is 2.27. The van der Waals surface area contributed by atoms with Crippen LogP contribution in [-0.2, 0) is 9.47 Å². The first-order valence-electron chi connectivity index (χ1n) is 3.44. The molecule has 12 heavy (non-hydrogen) atoms. The van der Waals surface area contributed by atoms with E-state index in [0.29, 0.717) is 11.8 Å². The van der Waals surface area contributed by atoms with Crippen molar-refractivity contribution in [1.29, 1.82) is 0 Å². The molecule has 1 rings (SSSR count). The molecule has 1 heterocycles. The van der Waals surface area contributed by atoms with Gasteiger partial charge in [0.2, 0.25) is 0 Å². The molecule has 5 nitrogen and oxygen atoms in total. The number of ether oxygens (including phenoxy) is 2. The molecule has 1 aliphatic heterocycles. The lowest BCUT2D eigenvalue weighted by molar-refractivity contribution is 0.202. The molecule has 0 unspecified atom stereocenters. The summed E-state index contributed by atoms with van der Waals surface area (Å²) in [6, 6.07) is 0. The van der Waals surface area contributed by atoms with Gasteiger partial charge in [-0.05, 0) is 6.92 Å². The van der Waals surface area contributed by atoms with Gasteiger partial charge in [-0.3, -0.25) is 0 Å². The second-order valence-corrected chi connectivity index (χ2v) is 2.17. The fraction of sp³-hybridized carbons (Fsp3) is 0.429. The fourth-order valence-corrected chi connectivity index (χ4v) is 0.705. The molecule has 0 spiro atoms. The van der Waals surface area contributed by atoms with Crippen molar-refractivity contribution >= 4 is 11.9 Å². The van der Waals surface area contributed by atoms with Crippen LogP contribution in [0.4, 0.5) is 0 Å². The van der Waals surface area contributed by atoms with Gasteiger partial charge >= 0.3 is 0 Å². The van der Waals surface area contributed by atoms with Crippen molar-refractivity contribution < 1.29 is 9.47 Å². The van der Waals surface area contributed by atoms with Crippen molar-refractivity contribution in [2.24, 2.45) is 10.1 Å². The van der Waals surface area contributed by atoms with Crippen molar-refractivity contribution in [2.75, 3.05) is 14.2 Å². The zero-order chi connectivity index (χ0) is 8.97. The predicted molar refractivity (Wildman–Crippen MR) is 45.8 cm³/mol. The molecule has 5 heteroatoms. The van der Waals surface area contributed by atoms with Gasteiger partial charge in [0.15, 0.2) is 0 Å². The zero-order valence-electron chi connectivity index (χ0n) is 7.29. The molecular weight excluding hydrogens is 158 g/mol. The molecule has 0 aromatic rings. The van der Waals surface area contributed by atoms with Crippen molar-refractivity contribution in [3.8, 4) is 0 Å². The third-order valence-electron chi connectivity index (χ3n) is 1.29. The van der Waals surface area contributed by atoms with Gasteiger partial charge in [-0.1, -0.05) is 0 Å². The SMILES string of the molecule is COC1=C(OC)NN=C(C)C=N1. The summed E-state index contributed by atoms with van der Waals surface area (Å²) < 4.78 is 9.89. The first-order chi connectivity index (χ1) is 5.77. The highest BCUT2D eigenvalue weighted by atomic mass is 16.5. The Morgan fingerprint density at radius 1 is 1.33 bits per heavy atom. The summed E-state index contributed by atoms with van der Waals surface area (Å²) in [5, 5.41) is 3.93. The molecule has 66 valence electrons. The van der Waals surface area contributed by atoms with Gasteiger partial charge in [-0.15, -0.1) is 0 Å². The lowest BCUT2D eigenvalue weighted by atomic mass is 10.5. The maximum Gasteiger partial charge on any atom is 0.277 e. The average molecular weight is 169 g/mol. The van der Waals surface area contributed by atoms with Gasteiger partial charge in [0.1, 0.15) is 0 Å². The normalized spacial score (nSPS) is 16.4. The Morgan fingerprint density at radius 2 is 2.08 bits per heavy atom. The highest BCUT2D eigenvalue weighted by Gasteiger charge is 2.08. The van der Waals surface area contributed by atoms with E-state index in [1.54, 1.807) is 6.21 Å². The lowest BCUT2D eigenvalue weighted by Crippen LogP contribution is -2.10. The molecule has 0 amide bonds. The number of aliphatic imine (C=N–C) groups is 1. The standard InChI is InChI=1S/C7H11N3O2/c1-5-4-8-6(11-2)7(12-3)10-9-5/h4,10H,1-3H3. The first-order valence-corrected chi connectivity index (χ1v) is 3.44. The molecule has 0 aliphatic carbocycles. The van der Waals surface area contributed by atoms with Crippen LogP contribution in [0, 0.1) is 0 Å². The molecule has 0 fully saturated rings. The Hall–Kier alpha value is -1.52. The topological polar surface area (TPSA) is 55.2 Å². The third-order valence-corrected chi connectivity index (χ3v) is 1.29. The van der Waals surface area contributed by atoms with Crippen LogP contribution in [0.25, 0.3) is 0 Å². The van der Waals surface area contributed by atoms with Crippen molar-refractivity contribution in [2.45, 2.75) is 6.92 Å². The highest BCUT2D eigenvalue weighted by Crippen LogP contribution is 2.06. The van der Waals surface area contributed by atoms with Gasteiger partial charge in [0.05, 0.1) is 26.1 Å². The Morgan fingerprint density at radius 3 is 2.67 bits per heavy atom. The van der Waals surface area contributed by atoms with Crippen LogP contribution in [0.5, 0.6) is 0 Å². The first kappa shape index (κ1) is 8.58. The van der Waals surface area contributed by atoms with Gasteiger partial charge in [0, 0.05) is 0 Å². The van der Waals surface area contributed by atoms with E-state index in [-0.39, 0.29) is 0 Å². The second kappa shape index (κ2) is 3.75. The summed E-state index contributed by atoms with van der Waals surface area (Å²) in [4.78, 5) is 3.99. The number of nitrogens with one attached hydrogen (secondary N) is 1. The maximum atomic E-state index is 4.95. The minimum Gasteiger partial charge on any atom is -0.478 e. The van der Waals surface area contributed by atoms with Crippen LogP contribution in [0.1, 0.15) is 6.92 Å². The van der Waals surface area contributed by atoms with E-state index < -0.39 is 0 Å². The number of rotatable bonds is 2. The molecule has 0 aromatic heterocycles. The Kier molecular flexibility index (Phi) is 2.68. The number of hydrazone groups is 1. The third kappa shape index (κ3) is 1.75. The smallest absolute Gasteiger partial charge is 0.277 e. The van der Waals surface area contributed by atoms with E-state index in [0.717, 1.165) is 5.71 Å². The van der Waals surface area contributed by atoms with Crippen LogP contribution in [0.2, 0.25) is 0 Å². The monoisotopic (exact) mass is 169 g/mol. The van der Waals surface area contributed by atoms with E-state index >= 15 is 0 Å². The number of nitrogens with zero attached hydrogens (tertiary/aromatic N) is 2. The molecule has 0 saturated heterocycles. The fourth-order valence-electron chi connectivity index (χ4n) is 0.705. The summed E-state index contributed by atoms with van der Waals surface area (Å²) in [5.74, 6) is 0.795. The largest absolute Gasteiger partial charge is 0.478 e. The summed E-state index contributed by atoms with van der Waals surface area (Å²) >= 11 is 0. The lowest BCUT2D eigenvalue weighted by Gasteiger charge is -2.05. The summed E-state index contributed by atoms with van der Waals surface area (Å²) in [5.41, 5.74) is 3.44. The van der Waals surface area contributed by atoms with Gasteiger partial charge in [0.25, 0.3) is 11.8 Å². The van der Waals surface area contributed by atoms with Crippen LogP contribution in [0.3, 0.4) is 0 Å². The van der Waals surface area contributed by atoms with E-state index in [1.807, 2.05) is 6.92 Å². The van der Waals surface area contributed by atoms with Crippen LogP contribution < -0.4 is 5.43 Å². The molecule has 0 atom stereocenters. The molecule has 0 bridgehead atoms. The van der Waals surface area contributed by atoms with E-state index in [9.17, 15) is 0 Å². The van der Waals surface area contributed by atoms with Gasteiger partial charge in [-0.25, -0.2) is 10.4 Å². The molecule has 0 aromatic carbocycles. The van der Waals surface area contributed by atoms with Crippen molar-refractivity contribution in [3.63, 3.8) is 0 Å². The minimum atomic E-state index is 0.387. The van der Waals surface area contributed by atoms with Crippen LogP contribution >= 0.6 is 0 Å². The predicted octanol–water partition coefficient (Wildman–Crippen LogP) is 0.456. The van der Waals surface area contributed by atoms with Crippen LogP contribution in [-0.4, -0.2) is 26.1 Å². The molecule has 1 N–H and O–H groups in total. The van der Waals surface area contributed by atoms with Crippen molar-refractivity contribution in [1.82, 2.24) is 5.43 Å². The summed E-state index contributed by atoms with van der Waals surface area (Å²) in [6.45, 7) is 1.82. The Labute approximate surface area is 70.8 Å². The number of hydrogen-bond donors (Lipinski definition) is 1. The van der Waals surface area contributed by atoms with Crippen LogP contribution in [0.15, 0.2) is 21.9 Å². The molecule has 1 aliphatic rings. The second-order valence-electron chi connectivity index (χ2n) is 2.17. The number of methoxy groups -OCH3 is 2. The van der Waals surface area contributed by atoms with Gasteiger partial charge in [-0.2, -0.15) is 5.10 Å². The maximum absolute atomic E-state index is 4.95. The summed E-state index contributed by atoms with van der Waals surface area (Å²) in [7, 11) is 3.04. The van der Waals surface area contributed by atoms with E-state index in [1.165, 1.54) is 14.2 Å². The molecule has 0 saturated carbocycles. The van der Waals surface area contributed by atoms with Gasteiger partial charge < -0.3 is 9.47 Å². The quantitative estimate of drug-likeness (QED) is 0.653. The Bertz CT molecular complexity index is 255. The highest BCUT2D eigenvalue weighted by molar-refractivity contribution is 6.29. The molecular formula is C7H11N3O2. The zero-order valence-corrected chi connectivity index (χ0v) is 7.29.